The number of nitrogens with one attached hydrogen (secondary N) is 1. The van der Waals surface area contributed by atoms with Gasteiger partial charge in [0.2, 0.25) is 5.91 Å². The zero-order valence-corrected chi connectivity index (χ0v) is 9.64. The molecule has 1 aromatic carbocycles. The molecule has 3 heteroatoms. The number of carbonyl (C=O) groups excluding carboxylic acids is 1. The van der Waals surface area contributed by atoms with E-state index in [4.69, 9.17) is 11.6 Å². The fourth-order valence-electron chi connectivity index (χ4n) is 1.16. The highest BCUT2D eigenvalue weighted by Crippen LogP contribution is 2.18. The van der Waals surface area contributed by atoms with Gasteiger partial charge >= 0.3 is 0 Å². The molecule has 1 rings (SSSR count). The van der Waals surface area contributed by atoms with Gasteiger partial charge in [-0.3, -0.25) is 4.79 Å². The van der Waals surface area contributed by atoms with Crippen LogP contribution in [-0.4, -0.2) is 12.5 Å². The Morgan fingerprint density at radius 1 is 1.53 bits per heavy atom. The molecule has 0 spiro atoms. The second kappa shape index (κ2) is 5.56. The van der Waals surface area contributed by atoms with Crippen molar-refractivity contribution in [3.8, 4) is 0 Å². The molecule has 0 aromatic heterocycles. The summed E-state index contributed by atoms with van der Waals surface area (Å²) < 4.78 is 0. The largest absolute Gasteiger partial charge is 0.353 e. The second-order valence-corrected chi connectivity index (χ2v) is 3.77. The maximum atomic E-state index is 10.6. The van der Waals surface area contributed by atoms with Crippen molar-refractivity contribution in [1.82, 2.24) is 5.32 Å². The average Bonchev–Trinajstić information content (AvgIpc) is 2.14. The van der Waals surface area contributed by atoms with E-state index in [1.54, 1.807) is 0 Å². The van der Waals surface area contributed by atoms with Crippen molar-refractivity contribution >= 4 is 23.6 Å². The summed E-state index contributed by atoms with van der Waals surface area (Å²) in [6.07, 6.45) is 3.77. The number of halogens is 1. The number of aryl methyl sites for hydroxylation is 1. The Hall–Kier alpha value is -1.28. The van der Waals surface area contributed by atoms with Crippen molar-refractivity contribution in [2.45, 2.75) is 13.8 Å². The highest BCUT2D eigenvalue weighted by Gasteiger charge is 1.95. The number of rotatable bonds is 3. The van der Waals surface area contributed by atoms with Crippen LogP contribution in [0, 0.1) is 6.92 Å². The molecule has 1 amide bonds. The van der Waals surface area contributed by atoms with E-state index in [2.05, 4.69) is 5.32 Å². The number of carbonyl (C=O) groups is 1. The van der Waals surface area contributed by atoms with Gasteiger partial charge in [-0.05, 0) is 24.1 Å². The standard InChI is InChI=1S/C12H14ClNO/c1-9-5-6-11(12(13)8-9)4-3-7-14-10(2)15/h3-6,8H,7H2,1-2H3,(H,14,15). The topological polar surface area (TPSA) is 29.1 Å². The highest BCUT2D eigenvalue weighted by atomic mass is 35.5. The molecule has 1 N–H and O–H groups in total. The van der Waals surface area contributed by atoms with E-state index in [-0.39, 0.29) is 5.91 Å². The Morgan fingerprint density at radius 2 is 2.27 bits per heavy atom. The minimum atomic E-state index is -0.0327. The lowest BCUT2D eigenvalue weighted by Crippen LogP contribution is -2.19. The van der Waals surface area contributed by atoms with E-state index in [0.29, 0.717) is 6.54 Å². The molecule has 15 heavy (non-hydrogen) atoms. The van der Waals surface area contributed by atoms with Crippen LogP contribution in [0.4, 0.5) is 0 Å². The molecule has 0 fully saturated rings. The molecule has 80 valence electrons. The van der Waals surface area contributed by atoms with Crippen molar-refractivity contribution in [2.24, 2.45) is 0 Å². The summed E-state index contributed by atoms with van der Waals surface area (Å²) in [5.41, 5.74) is 2.10. The Morgan fingerprint density at radius 3 is 2.87 bits per heavy atom. The molecule has 0 bridgehead atoms. The maximum Gasteiger partial charge on any atom is 0.217 e. The first-order chi connectivity index (χ1) is 7.09. The Kier molecular flexibility index (Phi) is 4.37. The first-order valence-electron chi connectivity index (χ1n) is 4.76. The van der Waals surface area contributed by atoms with Gasteiger partial charge in [0, 0.05) is 18.5 Å². The van der Waals surface area contributed by atoms with Crippen LogP contribution in [0.15, 0.2) is 24.3 Å². The van der Waals surface area contributed by atoms with Crippen LogP contribution in [0.1, 0.15) is 18.1 Å². The van der Waals surface area contributed by atoms with Crippen LogP contribution in [-0.2, 0) is 4.79 Å². The second-order valence-electron chi connectivity index (χ2n) is 3.36. The fourth-order valence-corrected chi connectivity index (χ4v) is 1.45. The van der Waals surface area contributed by atoms with Crippen molar-refractivity contribution in [3.63, 3.8) is 0 Å². The van der Waals surface area contributed by atoms with E-state index in [9.17, 15) is 4.79 Å². The van der Waals surface area contributed by atoms with Gasteiger partial charge in [0.05, 0.1) is 0 Å². The van der Waals surface area contributed by atoms with E-state index in [1.165, 1.54) is 6.92 Å². The monoisotopic (exact) mass is 223 g/mol. The van der Waals surface area contributed by atoms with Crippen LogP contribution in [0.2, 0.25) is 5.02 Å². The molecule has 0 unspecified atom stereocenters. The third-order valence-electron chi connectivity index (χ3n) is 1.92. The quantitative estimate of drug-likeness (QED) is 0.839. The minimum Gasteiger partial charge on any atom is -0.353 e. The van der Waals surface area contributed by atoms with Crippen LogP contribution < -0.4 is 5.32 Å². The van der Waals surface area contributed by atoms with Gasteiger partial charge < -0.3 is 5.32 Å². The first kappa shape index (κ1) is 11.8. The van der Waals surface area contributed by atoms with Gasteiger partial charge in [-0.25, -0.2) is 0 Å². The van der Waals surface area contributed by atoms with Crippen molar-refractivity contribution in [2.75, 3.05) is 6.54 Å². The smallest absolute Gasteiger partial charge is 0.217 e. The molecule has 0 saturated carbocycles. The highest BCUT2D eigenvalue weighted by molar-refractivity contribution is 6.32. The SMILES string of the molecule is CC(=O)NCC=Cc1ccc(C)cc1Cl. The normalized spacial score (nSPS) is 10.6. The van der Waals surface area contributed by atoms with E-state index in [0.717, 1.165) is 16.1 Å². The van der Waals surface area contributed by atoms with Crippen LogP contribution in [0.5, 0.6) is 0 Å². The van der Waals surface area contributed by atoms with Crippen LogP contribution in [0.3, 0.4) is 0 Å². The third-order valence-corrected chi connectivity index (χ3v) is 2.25. The number of hydrogen-bond donors (Lipinski definition) is 1. The summed E-state index contributed by atoms with van der Waals surface area (Å²) in [6.45, 7) is 4.02. The van der Waals surface area contributed by atoms with Gasteiger partial charge in [0.25, 0.3) is 0 Å². The predicted molar refractivity (Wildman–Crippen MR) is 63.9 cm³/mol. The van der Waals surface area contributed by atoms with Crippen molar-refractivity contribution in [3.05, 3.63) is 40.4 Å². The van der Waals surface area contributed by atoms with Crippen molar-refractivity contribution in [1.29, 1.82) is 0 Å². The van der Waals surface area contributed by atoms with E-state index < -0.39 is 0 Å². The molecular weight excluding hydrogens is 210 g/mol. The zero-order valence-electron chi connectivity index (χ0n) is 8.88. The number of hydrogen-bond acceptors (Lipinski definition) is 1. The summed E-state index contributed by atoms with van der Waals surface area (Å²) in [5, 5.41) is 3.41. The van der Waals surface area contributed by atoms with Gasteiger partial charge in [0.1, 0.15) is 0 Å². The Bertz CT molecular complexity index is 385. The fraction of sp³-hybridized carbons (Fsp3) is 0.250. The Balaban J connectivity index is 2.60. The van der Waals surface area contributed by atoms with Gasteiger partial charge in [-0.15, -0.1) is 0 Å². The van der Waals surface area contributed by atoms with Gasteiger partial charge in [-0.2, -0.15) is 0 Å². The van der Waals surface area contributed by atoms with Crippen LogP contribution in [0.25, 0.3) is 6.08 Å². The summed E-state index contributed by atoms with van der Waals surface area (Å²) in [7, 11) is 0. The first-order valence-corrected chi connectivity index (χ1v) is 5.14. The third kappa shape index (κ3) is 4.17. The summed E-state index contributed by atoms with van der Waals surface area (Å²) in [6, 6.07) is 5.88. The van der Waals surface area contributed by atoms with Crippen molar-refractivity contribution < 1.29 is 4.79 Å². The average molecular weight is 224 g/mol. The molecule has 0 saturated heterocycles. The molecule has 1 aromatic rings. The van der Waals surface area contributed by atoms with E-state index >= 15 is 0 Å². The molecule has 0 atom stereocenters. The predicted octanol–water partition coefficient (Wildman–Crippen LogP) is 2.80. The molecule has 0 aliphatic rings. The van der Waals surface area contributed by atoms with Crippen LogP contribution >= 0.6 is 11.6 Å². The summed E-state index contributed by atoms with van der Waals surface area (Å²) >= 11 is 6.03. The molecule has 2 nitrogen and oxygen atoms in total. The molecular formula is C12H14ClNO. The number of amides is 1. The molecule has 0 aliphatic carbocycles. The maximum absolute atomic E-state index is 10.6. The summed E-state index contributed by atoms with van der Waals surface area (Å²) in [5.74, 6) is -0.0327. The van der Waals surface area contributed by atoms with E-state index in [1.807, 2.05) is 37.3 Å². The number of benzene rings is 1. The molecule has 0 radical (unpaired) electrons. The lowest BCUT2D eigenvalue weighted by Gasteiger charge is -2.00. The lowest BCUT2D eigenvalue weighted by molar-refractivity contribution is -0.118. The molecule has 0 heterocycles. The Labute approximate surface area is 94.9 Å². The summed E-state index contributed by atoms with van der Waals surface area (Å²) in [4.78, 5) is 10.6. The molecule has 0 aliphatic heterocycles. The van der Waals surface area contributed by atoms with Gasteiger partial charge in [0.15, 0.2) is 0 Å². The van der Waals surface area contributed by atoms with Gasteiger partial charge in [-0.1, -0.05) is 35.9 Å². The lowest BCUT2D eigenvalue weighted by atomic mass is 10.1. The minimum absolute atomic E-state index is 0.0327. The zero-order chi connectivity index (χ0) is 11.3.